The van der Waals surface area contributed by atoms with Crippen LogP contribution in [0.1, 0.15) is 20.8 Å². The quantitative estimate of drug-likeness (QED) is 0.276. The minimum atomic E-state index is -6.37. The normalized spacial score (nSPS) is 12.9. The van der Waals surface area contributed by atoms with Crippen LogP contribution in [-0.2, 0) is 28.6 Å². The van der Waals surface area contributed by atoms with Gasteiger partial charge in [0.1, 0.15) is 0 Å². The van der Waals surface area contributed by atoms with E-state index in [0.29, 0.717) is 0 Å². The summed E-state index contributed by atoms with van der Waals surface area (Å²) >= 11 is 0. The third kappa shape index (κ3) is 6.69. The molecule has 0 atom stereocenters. The van der Waals surface area contributed by atoms with E-state index in [4.69, 9.17) is 5.11 Å². The molecule has 0 unspecified atom stereocenters. The van der Waals surface area contributed by atoms with Gasteiger partial charge in [-0.15, -0.1) is 0 Å². The Morgan fingerprint density at radius 1 is 0.893 bits per heavy atom. The average molecular weight is 424 g/mol. The molecule has 0 aliphatic carbocycles. The Labute approximate surface area is 155 Å². The molecule has 0 saturated carbocycles. The molecule has 0 aromatic carbocycles. The van der Waals surface area contributed by atoms with Crippen molar-refractivity contribution in [1.29, 1.82) is 0 Å². The van der Waals surface area contributed by atoms with Crippen molar-refractivity contribution in [3.8, 4) is 0 Å². The number of carbonyl (C=O) groups is 3. The fourth-order valence-corrected chi connectivity index (χ4v) is 1.36. The van der Waals surface area contributed by atoms with E-state index in [1.165, 1.54) is 20.8 Å². The van der Waals surface area contributed by atoms with E-state index in [-0.39, 0.29) is 5.57 Å². The Bertz CT molecular complexity index is 607. The largest absolute Gasteiger partial charge is 0.462 e. The zero-order valence-corrected chi connectivity index (χ0v) is 15.0. The topological polar surface area (TPSA) is 99.1 Å². The zero-order valence-electron chi connectivity index (χ0n) is 15.0. The second kappa shape index (κ2) is 8.80. The van der Waals surface area contributed by atoms with Crippen LogP contribution in [0.4, 0.5) is 26.3 Å². The number of alkyl halides is 6. The first-order chi connectivity index (χ1) is 12.3. The van der Waals surface area contributed by atoms with Crippen LogP contribution in [0.5, 0.6) is 0 Å². The standard InChI is InChI=1S/C15H18F6O7/c1-8(2)10(23)26-5-9(22)27-6-12(3,4)7-28-11(24)13(25,14(16,17)18)15(19,20)21/h25H,1,5-7H2,2-4H3. The molecule has 162 valence electrons. The Morgan fingerprint density at radius 3 is 1.71 bits per heavy atom. The van der Waals surface area contributed by atoms with Crippen LogP contribution in [0.25, 0.3) is 0 Å². The molecule has 13 heteroatoms. The second-order valence-electron chi connectivity index (χ2n) is 6.46. The fraction of sp³-hybridized carbons (Fsp3) is 0.667. The van der Waals surface area contributed by atoms with Gasteiger partial charge in [0.05, 0.1) is 13.2 Å². The summed E-state index contributed by atoms with van der Waals surface area (Å²) in [5.41, 5.74) is -7.13. The van der Waals surface area contributed by atoms with Crippen LogP contribution in [-0.4, -0.2) is 60.8 Å². The molecule has 0 spiro atoms. The number of aliphatic hydroxyl groups is 1. The van der Waals surface area contributed by atoms with Gasteiger partial charge in [0.2, 0.25) is 0 Å². The van der Waals surface area contributed by atoms with Crippen molar-refractivity contribution in [2.75, 3.05) is 19.8 Å². The maximum absolute atomic E-state index is 12.5. The lowest BCUT2D eigenvalue weighted by Gasteiger charge is -2.31. The van der Waals surface area contributed by atoms with E-state index in [9.17, 15) is 40.7 Å². The van der Waals surface area contributed by atoms with Crippen molar-refractivity contribution in [3.05, 3.63) is 12.2 Å². The average Bonchev–Trinajstić information content (AvgIpc) is 2.52. The number of carbonyl (C=O) groups excluding carboxylic acids is 3. The smallest absolute Gasteiger partial charge is 0.437 e. The van der Waals surface area contributed by atoms with Gasteiger partial charge >= 0.3 is 35.9 Å². The molecule has 0 aliphatic rings. The van der Waals surface area contributed by atoms with Crippen LogP contribution in [0.3, 0.4) is 0 Å². The van der Waals surface area contributed by atoms with Gasteiger partial charge in [0, 0.05) is 11.0 Å². The van der Waals surface area contributed by atoms with E-state index in [0.717, 1.165) is 0 Å². The second-order valence-corrected chi connectivity index (χ2v) is 6.46. The van der Waals surface area contributed by atoms with Crippen molar-refractivity contribution in [2.45, 2.75) is 38.7 Å². The summed E-state index contributed by atoms with van der Waals surface area (Å²) in [5, 5.41) is 8.87. The number of halogens is 6. The predicted octanol–water partition coefficient (Wildman–Crippen LogP) is 2.07. The number of hydrogen-bond acceptors (Lipinski definition) is 7. The highest BCUT2D eigenvalue weighted by Crippen LogP contribution is 2.44. The highest BCUT2D eigenvalue weighted by molar-refractivity contribution is 5.88. The van der Waals surface area contributed by atoms with Gasteiger partial charge in [-0.2, -0.15) is 26.3 Å². The lowest BCUT2D eigenvalue weighted by atomic mass is 9.96. The molecule has 28 heavy (non-hydrogen) atoms. The third-order valence-electron chi connectivity index (χ3n) is 3.00. The van der Waals surface area contributed by atoms with Crippen molar-refractivity contribution < 1.29 is 60.0 Å². The third-order valence-corrected chi connectivity index (χ3v) is 3.00. The maximum Gasteiger partial charge on any atom is 0.437 e. The van der Waals surface area contributed by atoms with Crippen molar-refractivity contribution in [2.24, 2.45) is 5.41 Å². The number of rotatable bonds is 8. The molecule has 0 rings (SSSR count). The summed E-state index contributed by atoms with van der Waals surface area (Å²) in [6.07, 6.45) is -12.7. The first-order valence-corrected chi connectivity index (χ1v) is 7.36. The monoisotopic (exact) mass is 424 g/mol. The maximum atomic E-state index is 12.5. The molecule has 0 aromatic rings. The molecule has 0 saturated heterocycles. The van der Waals surface area contributed by atoms with E-state index in [1.54, 1.807) is 0 Å². The molecule has 0 aliphatic heterocycles. The van der Waals surface area contributed by atoms with E-state index in [1.807, 2.05) is 0 Å². The van der Waals surface area contributed by atoms with Crippen molar-refractivity contribution >= 4 is 17.9 Å². The summed E-state index contributed by atoms with van der Waals surface area (Å²) in [5.74, 6) is -4.93. The predicted molar refractivity (Wildman–Crippen MR) is 78.5 cm³/mol. The molecule has 0 bridgehead atoms. The van der Waals surface area contributed by atoms with Crippen molar-refractivity contribution in [1.82, 2.24) is 0 Å². The Balaban J connectivity index is 4.82. The zero-order chi connectivity index (χ0) is 22.6. The molecule has 0 fully saturated rings. The minimum absolute atomic E-state index is 0.00172. The molecule has 0 radical (unpaired) electrons. The Hall–Kier alpha value is -2.31. The van der Waals surface area contributed by atoms with Gasteiger partial charge < -0.3 is 19.3 Å². The molecule has 7 nitrogen and oxygen atoms in total. The molecular weight excluding hydrogens is 406 g/mol. The summed E-state index contributed by atoms with van der Waals surface area (Å²) in [7, 11) is 0. The van der Waals surface area contributed by atoms with E-state index < -0.39 is 61.1 Å². The van der Waals surface area contributed by atoms with Crippen LogP contribution in [0.2, 0.25) is 0 Å². The van der Waals surface area contributed by atoms with E-state index in [2.05, 4.69) is 20.8 Å². The first kappa shape index (κ1) is 25.7. The van der Waals surface area contributed by atoms with Gasteiger partial charge in [-0.1, -0.05) is 20.4 Å². The fourth-order valence-electron chi connectivity index (χ4n) is 1.36. The SMILES string of the molecule is C=C(C)C(=O)OCC(=O)OCC(C)(C)COC(=O)C(O)(C(F)(F)F)C(F)(F)F. The minimum Gasteiger partial charge on any atom is -0.462 e. The number of hydrogen-bond donors (Lipinski definition) is 1. The number of ether oxygens (including phenoxy) is 3. The first-order valence-electron chi connectivity index (χ1n) is 7.36. The van der Waals surface area contributed by atoms with Crippen LogP contribution >= 0.6 is 0 Å². The number of esters is 3. The van der Waals surface area contributed by atoms with E-state index >= 15 is 0 Å². The molecule has 1 N–H and O–H groups in total. The lowest BCUT2D eigenvalue weighted by Crippen LogP contribution is -2.63. The Kier molecular flexibility index (Phi) is 8.07. The summed E-state index contributed by atoms with van der Waals surface area (Å²) < 4.78 is 88.3. The highest BCUT2D eigenvalue weighted by atomic mass is 19.4. The Morgan fingerprint density at radius 2 is 1.32 bits per heavy atom. The molecule has 0 heterocycles. The summed E-state index contributed by atoms with van der Waals surface area (Å²) in [4.78, 5) is 33.8. The van der Waals surface area contributed by atoms with Gasteiger partial charge in [0.25, 0.3) is 0 Å². The van der Waals surface area contributed by atoms with Gasteiger partial charge in [-0.3, -0.25) is 0 Å². The molecular formula is C15H18F6O7. The summed E-state index contributed by atoms with van der Waals surface area (Å²) in [6, 6.07) is 0. The van der Waals surface area contributed by atoms with Gasteiger partial charge in [0.15, 0.2) is 6.61 Å². The van der Waals surface area contributed by atoms with Crippen molar-refractivity contribution in [3.63, 3.8) is 0 Å². The van der Waals surface area contributed by atoms with Crippen LogP contribution in [0, 0.1) is 5.41 Å². The van der Waals surface area contributed by atoms with Gasteiger partial charge in [-0.05, 0) is 6.92 Å². The van der Waals surface area contributed by atoms with Crippen LogP contribution < -0.4 is 0 Å². The molecule has 0 amide bonds. The summed E-state index contributed by atoms with van der Waals surface area (Å²) in [6.45, 7) is 4.46. The van der Waals surface area contributed by atoms with Gasteiger partial charge in [-0.25, -0.2) is 14.4 Å². The highest BCUT2D eigenvalue weighted by Gasteiger charge is 2.76. The lowest BCUT2D eigenvalue weighted by molar-refractivity contribution is -0.357. The molecule has 0 aromatic heterocycles. The van der Waals surface area contributed by atoms with Crippen LogP contribution in [0.15, 0.2) is 12.2 Å².